The standard InChI is InChI=1S/C25H22F8N2O3S/c26-16-3-5-17(6-4-16)39(37,38)22-10-12-35(19-9-11-34-21(19)36)20(22)8-1-14-13-15(2-7-18(14)22)23(27,24(28,29)30)25(31,32)33/h2-7,13,19-20H,1,8-12H2,(H,34,36)/t19?,20-,22-/m1/s1. The van der Waals surface area contributed by atoms with E-state index in [1.807, 2.05) is 0 Å². The van der Waals surface area contributed by atoms with Crippen molar-refractivity contribution in [2.75, 3.05) is 13.1 Å². The van der Waals surface area contributed by atoms with Gasteiger partial charge in [0, 0.05) is 24.7 Å². The second-order valence-corrected chi connectivity index (χ2v) is 12.2. The van der Waals surface area contributed by atoms with Crippen molar-refractivity contribution in [3.8, 4) is 0 Å². The molecule has 2 aliphatic heterocycles. The van der Waals surface area contributed by atoms with Gasteiger partial charge < -0.3 is 5.32 Å². The second kappa shape index (κ2) is 8.88. The van der Waals surface area contributed by atoms with Crippen LogP contribution in [0, 0.1) is 5.82 Å². The summed E-state index contributed by atoms with van der Waals surface area (Å²) < 4.78 is 136. The quantitative estimate of drug-likeness (QED) is 0.420. The van der Waals surface area contributed by atoms with E-state index in [0.717, 1.165) is 30.3 Å². The molecule has 1 amide bonds. The lowest BCUT2D eigenvalue weighted by Crippen LogP contribution is -2.54. The lowest BCUT2D eigenvalue weighted by molar-refractivity contribution is -0.348. The number of amides is 1. The summed E-state index contributed by atoms with van der Waals surface area (Å²) in [4.78, 5) is 13.9. The number of hydrogen-bond donors (Lipinski definition) is 1. The SMILES string of the molecule is O=C1NCCC1N1CC[C@@]2(S(=O)(=O)c3ccc(F)cc3)c3ccc(C(F)(C(F)(F)F)C(F)(F)F)cc3CC[C@@H]12. The highest BCUT2D eigenvalue weighted by Gasteiger charge is 2.74. The number of halogens is 8. The van der Waals surface area contributed by atoms with Gasteiger partial charge in [0.25, 0.3) is 0 Å². The fourth-order valence-electron chi connectivity index (χ4n) is 6.36. The molecule has 3 atom stereocenters. The molecule has 0 aromatic heterocycles. The molecule has 1 unspecified atom stereocenters. The van der Waals surface area contributed by atoms with Gasteiger partial charge in [0.05, 0.1) is 10.9 Å². The van der Waals surface area contributed by atoms with Crippen LogP contribution < -0.4 is 5.32 Å². The Bertz CT molecular complexity index is 1390. The molecule has 14 heteroatoms. The third kappa shape index (κ3) is 3.88. The molecule has 2 saturated heterocycles. The molecule has 5 nitrogen and oxygen atoms in total. The van der Waals surface area contributed by atoms with Gasteiger partial charge in [-0.3, -0.25) is 9.69 Å². The summed E-state index contributed by atoms with van der Waals surface area (Å²) in [5, 5.41) is 2.68. The maximum Gasteiger partial charge on any atom is 0.435 e. The highest BCUT2D eigenvalue weighted by molar-refractivity contribution is 7.92. The summed E-state index contributed by atoms with van der Waals surface area (Å²) in [6, 6.07) is 3.97. The number of alkyl halides is 7. The van der Waals surface area contributed by atoms with Crippen molar-refractivity contribution in [3.05, 3.63) is 65.0 Å². The molecule has 3 aliphatic rings. The van der Waals surface area contributed by atoms with Gasteiger partial charge in [-0.15, -0.1) is 0 Å². The zero-order chi connectivity index (χ0) is 28.6. The predicted molar refractivity (Wildman–Crippen MR) is 121 cm³/mol. The van der Waals surface area contributed by atoms with Crippen LogP contribution in [0.25, 0.3) is 0 Å². The van der Waals surface area contributed by atoms with Crippen molar-refractivity contribution < 1.29 is 48.3 Å². The summed E-state index contributed by atoms with van der Waals surface area (Å²) in [5.41, 5.74) is -7.58. The fourth-order valence-corrected chi connectivity index (χ4v) is 8.73. The van der Waals surface area contributed by atoms with Crippen molar-refractivity contribution in [1.82, 2.24) is 10.2 Å². The number of sulfone groups is 1. The van der Waals surface area contributed by atoms with Gasteiger partial charge in [0.2, 0.25) is 5.91 Å². The third-order valence-electron chi connectivity index (χ3n) is 8.13. The Balaban J connectivity index is 1.71. The van der Waals surface area contributed by atoms with Gasteiger partial charge in [0.15, 0.2) is 9.84 Å². The first kappa shape index (κ1) is 27.8. The molecular formula is C25H22F8N2O3S. The topological polar surface area (TPSA) is 66.5 Å². The van der Waals surface area contributed by atoms with E-state index in [4.69, 9.17) is 0 Å². The van der Waals surface area contributed by atoms with E-state index < -0.39 is 56.1 Å². The molecule has 0 saturated carbocycles. The molecular weight excluding hydrogens is 560 g/mol. The number of aryl methyl sites for hydroxylation is 1. The average molecular weight is 583 g/mol. The van der Waals surface area contributed by atoms with Gasteiger partial charge in [-0.05, 0) is 61.1 Å². The molecule has 39 heavy (non-hydrogen) atoms. The van der Waals surface area contributed by atoms with E-state index in [0.29, 0.717) is 25.1 Å². The monoisotopic (exact) mass is 582 g/mol. The van der Waals surface area contributed by atoms with Crippen LogP contribution in [-0.4, -0.2) is 56.8 Å². The lowest BCUT2D eigenvalue weighted by Gasteiger charge is -2.44. The number of likely N-dealkylation sites (tertiary alicyclic amines) is 1. The van der Waals surface area contributed by atoms with E-state index in [1.165, 1.54) is 0 Å². The van der Waals surface area contributed by atoms with Crippen molar-refractivity contribution in [3.63, 3.8) is 0 Å². The zero-order valence-corrected chi connectivity index (χ0v) is 20.9. The van der Waals surface area contributed by atoms with Gasteiger partial charge in [-0.1, -0.05) is 18.2 Å². The molecule has 0 radical (unpaired) electrons. The molecule has 212 valence electrons. The smallest absolute Gasteiger partial charge is 0.355 e. The van der Waals surface area contributed by atoms with Crippen LogP contribution in [0.1, 0.15) is 36.0 Å². The van der Waals surface area contributed by atoms with Crippen molar-refractivity contribution in [2.45, 2.75) is 65.4 Å². The van der Waals surface area contributed by atoms with E-state index in [1.54, 1.807) is 4.90 Å². The summed E-state index contributed by atoms with van der Waals surface area (Å²) in [6.07, 6.45) is -12.6. The Hall–Kier alpha value is -2.74. The number of rotatable bonds is 4. The van der Waals surface area contributed by atoms with E-state index >= 15 is 0 Å². The lowest BCUT2D eigenvalue weighted by atomic mass is 9.76. The fraction of sp³-hybridized carbons (Fsp3) is 0.480. The molecule has 2 heterocycles. The Morgan fingerprint density at radius 3 is 2.13 bits per heavy atom. The average Bonchev–Trinajstić information content (AvgIpc) is 3.46. The van der Waals surface area contributed by atoms with Crippen LogP contribution in [-0.2, 0) is 31.5 Å². The molecule has 1 N–H and O–H groups in total. The molecule has 5 rings (SSSR count). The molecule has 2 fully saturated rings. The van der Waals surface area contributed by atoms with Crippen LogP contribution in [0.3, 0.4) is 0 Å². The Morgan fingerprint density at radius 2 is 1.56 bits per heavy atom. The normalized spacial score (nSPS) is 26.3. The molecule has 1 aliphatic carbocycles. The van der Waals surface area contributed by atoms with E-state index in [9.17, 15) is 48.3 Å². The number of benzene rings is 2. The van der Waals surface area contributed by atoms with Gasteiger partial charge in [-0.2, -0.15) is 26.3 Å². The second-order valence-electron chi connectivity index (χ2n) is 10.0. The summed E-state index contributed by atoms with van der Waals surface area (Å²) in [6.45, 7) is 0.459. The zero-order valence-electron chi connectivity index (χ0n) is 20.0. The minimum absolute atomic E-state index is 0.0298. The molecule has 0 bridgehead atoms. The van der Waals surface area contributed by atoms with Gasteiger partial charge in [-0.25, -0.2) is 17.2 Å². The third-order valence-corrected chi connectivity index (χ3v) is 10.7. The number of nitrogens with zero attached hydrogens (tertiary/aromatic N) is 1. The highest BCUT2D eigenvalue weighted by Crippen LogP contribution is 2.57. The minimum atomic E-state index is -6.32. The number of carbonyl (C=O) groups excluding carboxylic acids is 1. The number of nitrogens with one attached hydrogen (secondary N) is 1. The maximum absolute atomic E-state index is 14.9. The Labute approximate surface area is 218 Å². The predicted octanol–water partition coefficient (Wildman–Crippen LogP) is 4.69. The maximum atomic E-state index is 14.9. The number of carbonyl (C=O) groups is 1. The minimum Gasteiger partial charge on any atom is -0.355 e. The van der Waals surface area contributed by atoms with Crippen LogP contribution in [0.4, 0.5) is 35.1 Å². The Kier molecular flexibility index (Phi) is 6.33. The summed E-state index contributed by atoms with van der Waals surface area (Å²) in [5.74, 6) is -1.03. The van der Waals surface area contributed by atoms with Crippen molar-refractivity contribution in [2.24, 2.45) is 0 Å². The molecule has 2 aromatic carbocycles. The Morgan fingerprint density at radius 1 is 0.923 bits per heavy atom. The summed E-state index contributed by atoms with van der Waals surface area (Å²) in [7, 11) is -4.45. The van der Waals surface area contributed by atoms with Crippen molar-refractivity contribution in [1.29, 1.82) is 0 Å². The largest absolute Gasteiger partial charge is 0.435 e. The van der Waals surface area contributed by atoms with Crippen LogP contribution in [0.5, 0.6) is 0 Å². The van der Waals surface area contributed by atoms with E-state index in [-0.39, 0.29) is 47.7 Å². The number of fused-ring (bicyclic) bond motifs is 3. The van der Waals surface area contributed by atoms with Gasteiger partial charge in [0.1, 0.15) is 10.6 Å². The molecule has 0 spiro atoms. The first-order chi connectivity index (χ1) is 18.1. The van der Waals surface area contributed by atoms with Crippen LogP contribution in [0.2, 0.25) is 0 Å². The first-order valence-corrected chi connectivity index (χ1v) is 13.5. The number of hydrogen-bond acceptors (Lipinski definition) is 4. The summed E-state index contributed by atoms with van der Waals surface area (Å²) >= 11 is 0. The van der Waals surface area contributed by atoms with E-state index in [2.05, 4.69) is 5.32 Å². The van der Waals surface area contributed by atoms with Crippen LogP contribution >= 0.6 is 0 Å². The highest BCUT2D eigenvalue weighted by atomic mass is 32.2. The first-order valence-electron chi connectivity index (χ1n) is 12.1. The van der Waals surface area contributed by atoms with Crippen molar-refractivity contribution >= 4 is 15.7 Å². The molecule has 2 aromatic rings. The van der Waals surface area contributed by atoms with Crippen LogP contribution in [0.15, 0.2) is 47.4 Å². The van der Waals surface area contributed by atoms with Gasteiger partial charge >= 0.3 is 18.0 Å².